The summed E-state index contributed by atoms with van der Waals surface area (Å²) < 4.78 is 2.14. The van der Waals surface area contributed by atoms with Crippen LogP contribution < -0.4 is 4.90 Å². The fourth-order valence-electron chi connectivity index (χ4n) is 2.07. The van der Waals surface area contributed by atoms with Gasteiger partial charge in [0.15, 0.2) is 0 Å². The van der Waals surface area contributed by atoms with Crippen LogP contribution in [0.1, 0.15) is 46.7 Å². The summed E-state index contributed by atoms with van der Waals surface area (Å²) in [6.07, 6.45) is 1.15. The zero-order valence-corrected chi connectivity index (χ0v) is 11.3. The molecule has 0 aromatic carbocycles. The Morgan fingerprint density at radius 1 is 1.31 bits per heavy atom. The Kier molecular flexibility index (Phi) is 2.34. The Bertz CT molecular complexity index is 396. The Morgan fingerprint density at radius 2 is 1.94 bits per heavy atom. The summed E-state index contributed by atoms with van der Waals surface area (Å²) in [6.45, 7) is 12.3. The molecule has 2 rings (SSSR count). The number of rotatable bonds is 0. The summed E-state index contributed by atoms with van der Waals surface area (Å²) in [5.41, 5.74) is 1.56. The predicted molar refractivity (Wildman–Crippen MR) is 68.0 cm³/mol. The van der Waals surface area contributed by atoms with Crippen LogP contribution in [0.2, 0.25) is 0 Å². The first-order valence-electron chi connectivity index (χ1n) is 6.04. The van der Waals surface area contributed by atoms with Crippen molar-refractivity contribution in [1.29, 1.82) is 0 Å². The van der Waals surface area contributed by atoms with Crippen LogP contribution in [-0.2, 0) is 12.0 Å². The van der Waals surface area contributed by atoms with Crippen LogP contribution >= 0.6 is 0 Å². The number of aromatic nitrogens is 2. The second kappa shape index (κ2) is 3.25. The quantitative estimate of drug-likeness (QED) is 0.671. The number of nitrogens with zero attached hydrogens (tertiary/aromatic N) is 3. The normalized spacial score (nSPS) is 19.8. The predicted octanol–water partition coefficient (Wildman–Crippen LogP) is 2.80. The van der Waals surface area contributed by atoms with E-state index in [1.807, 2.05) is 0 Å². The molecule has 0 saturated carbocycles. The van der Waals surface area contributed by atoms with E-state index in [9.17, 15) is 0 Å². The molecule has 0 fully saturated rings. The zero-order chi connectivity index (χ0) is 12.1. The average Bonchev–Trinajstić information content (AvgIpc) is 2.55. The maximum absolute atomic E-state index is 4.71. The van der Waals surface area contributed by atoms with Crippen molar-refractivity contribution in [3.8, 4) is 0 Å². The topological polar surface area (TPSA) is 21.1 Å². The van der Waals surface area contributed by atoms with Crippen LogP contribution in [0, 0.1) is 0 Å². The SMILES string of the molecule is CN1c2cc(C(C)(C)C)nn2CCC1(C)C. The van der Waals surface area contributed by atoms with Gasteiger partial charge in [0.1, 0.15) is 5.82 Å². The third-order valence-corrected chi connectivity index (χ3v) is 3.71. The van der Waals surface area contributed by atoms with Gasteiger partial charge in [-0.15, -0.1) is 0 Å². The number of hydrogen-bond donors (Lipinski definition) is 0. The summed E-state index contributed by atoms with van der Waals surface area (Å²) in [5, 5.41) is 4.71. The van der Waals surface area contributed by atoms with Crippen molar-refractivity contribution in [2.45, 2.75) is 58.5 Å². The summed E-state index contributed by atoms with van der Waals surface area (Å²) >= 11 is 0. The van der Waals surface area contributed by atoms with E-state index in [0.717, 1.165) is 13.0 Å². The fraction of sp³-hybridized carbons (Fsp3) is 0.769. The minimum absolute atomic E-state index is 0.134. The molecule has 0 bridgehead atoms. The first kappa shape index (κ1) is 11.5. The van der Waals surface area contributed by atoms with Gasteiger partial charge < -0.3 is 4.90 Å². The fourth-order valence-corrected chi connectivity index (χ4v) is 2.07. The molecule has 0 saturated heterocycles. The van der Waals surface area contributed by atoms with Crippen molar-refractivity contribution in [2.75, 3.05) is 11.9 Å². The minimum Gasteiger partial charge on any atom is -0.355 e. The molecule has 3 nitrogen and oxygen atoms in total. The van der Waals surface area contributed by atoms with Crippen molar-refractivity contribution >= 4 is 5.82 Å². The zero-order valence-electron chi connectivity index (χ0n) is 11.3. The molecule has 0 spiro atoms. The van der Waals surface area contributed by atoms with Gasteiger partial charge in [-0.2, -0.15) is 5.10 Å². The molecule has 0 N–H and O–H groups in total. The van der Waals surface area contributed by atoms with E-state index >= 15 is 0 Å². The van der Waals surface area contributed by atoms with E-state index in [-0.39, 0.29) is 11.0 Å². The van der Waals surface area contributed by atoms with Gasteiger partial charge in [-0.25, -0.2) is 4.68 Å². The van der Waals surface area contributed by atoms with Gasteiger partial charge in [0, 0.05) is 30.6 Å². The first-order chi connectivity index (χ1) is 7.22. The molecule has 90 valence electrons. The van der Waals surface area contributed by atoms with E-state index in [0.29, 0.717) is 0 Å². The lowest BCUT2D eigenvalue weighted by Gasteiger charge is -2.41. The van der Waals surface area contributed by atoms with Crippen molar-refractivity contribution in [2.24, 2.45) is 0 Å². The third-order valence-electron chi connectivity index (χ3n) is 3.71. The molecule has 1 aliphatic rings. The molecule has 1 aliphatic heterocycles. The van der Waals surface area contributed by atoms with E-state index < -0.39 is 0 Å². The maximum atomic E-state index is 4.71. The molecule has 0 amide bonds. The lowest BCUT2D eigenvalue weighted by molar-refractivity contribution is 0.358. The summed E-state index contributed by atoms with van der Waals surface area (Å²) in [7, 11) is 2.17. The lowest BCUT2D eigenvalue weighted by atomic mass is 9.92. The Morgan fingerprint density at radius 3 is 2.50 bits per heavy atom. The lowest BCUT2D eigenvalue weighted by Crippen LogP contribution is -2.46. The van der Waals surface area contributed by atoms with Gasteiger partial charge in [-0.1, -0.05) is 20.8 Å². The molecular weight excluding hydrogens is 198 g/mol. The van der Waals surface area contributed by atoms with E-state index in [4.69, 9.17) is 5.10 Å². The first-order valence-corrected chi connectivity index (χ1v) is 6.04. The molecule has 0 aliphatic carbocycles. The maximum Gasteiger partial charge on any atom is 0.127 e. The second-order valence-corrected chi connectivity index (χ2v) is 6.48. The summed E-state index contributed by atoms with van der Waals surface area (Å²) in [6, 6.07) is 2.24. The highest BCUT2D eigenvalue weighted by molar-refractivity contribution is 5.45. The average molecular weight is 221 g/mol. The van der Waals surface area contributed by atoms with Crippen molar-refractivity contribution in [3.63, 3.8) is 0 Å². The molecule has 0 unspecified atom stereocenters. The van der Waals surface area contributed by atoms with Crippen LogP contribution in [0.15, 0.2) is 6.07 Å². The Labute approximate surface area is 98.4 Å². The molecule has 2 heterocycles. The highest BCUT2D eigenvalue weighted by Crippen LogP contribution is 2.33. The standard InChI is InChI=1S/C13H23N3/c1-12(2,3)10-9-11-15(6)13(4,5)7-8-16(11)14-10/h9H,7-8H2,1-6H3. The van der Waals surface area contributed by atoms with Crippen molar-refractivity contribution in [1.82, 2.24) is 9.78 Å². The molecule has 3 heteroatoms. The van der Waals surface area contributed by atoms with Crippen LogP contribution in [0.25, 0.3) is 0 Å². The molecule has 0 atom stereocenters. The molecular formula is C13H23N3. The van der Waals surface area contributed by atoms with Gasteiger partial charge >= 0.3 is 0 Å². The largest absolute Gasteiger partial charge is 0.355 e. The van der Waals surface area contributed by atoms with E-state index in [1.165, 1.54) is 11.5 Å². The van der Waals surface area contributed by atoms with E-state index in [2.05, 4.69) is 57.3 Å². The molecule has 16 heavy (non-hydrogen) atoms. The highest BCUT2D eigenvalue weighted by Gasteiger charge is 2.32. The van der Waals surface area contributed by atoms with Gasteiger partial charge in [-0.3, -0.25) is 0 Å². The monoisotopic (exact) mass is 221 g/mol. The van der Waals surface area contributed by atoms with Gasteiger partial charge in [0.2, 0.25) is 0 Å². The third kappa shape index (κ3) is 1.72. The smallest absolute Gasteiger partial charge is 0.127 e. The van der Waals surface area contributed by atoms with Crippen LogP contribution in [0.3, 0.4) is 0 Å². The summed E-state index contributed by atoms with van der Waals surface area (Å²) in [4.78, 5) is 2.35. The Balaban J connectivity index is 2.43. The second-order valence-electron chi connectivity index (χ2n) is 6.48. The number of fused-ring (bicyclic) bond motifs is 1. The number of hydrogen-bond acceptors (Lipinski definition) is 2. The Hall–Kier alpha value is -0.990. The van der Waals surface area contributed by atoms with Crippen LogP contribution in [0.4, 0.5) is 5.82 Å². The van der Waals surface area contributed by atoms with Gasteiger partial charge in [0.05, 0.1) is 5.69 Å². The van der Waals surface area contributed by atoms with Gasteiger partial charge in [0.25, 0.3) is 0 Å². The van der Waals surface area contributed by atoms with Crippen molar-refractivity contribution in [3.05, 3.63) is 11.8 Å². The number of anilines is 1. The van der Waals surface area contributed by atoms with Crippen LogP contribution in [-0.4, -0.2) is 22.4 Å². The van der Waals surface area contributed by atoms with E-state index in [1.54, 1.807) is 0 Å². The van der Waals surface area contributed by atoms with Crippen molar-refractivity contribution < 1.29 is 0 Å². The molecule has 1 aromatic rings. The molecule has 0 radical (unpaired) electrons. The van der Waals surface area contributed by atoms with Crippen LogP contribution in [0.5, 0.6) is 0 Å². The van der Waals surface area contributed by atoms with Gasteiger partial charge in [-0.05, 0) is 20.3 Å². The highest BCUT2D eigenvalue weighted by atomic mass is 15.4. The summed E-state index contributed by atoms with van der Waals surface area (Å²) in [5.74, 6) is 1.25. The molecule has 1 aromatic heterocycles. The minimum atomic E-state index is 0.134. The number of aryl methyl sites for hydroxylation is 1.